The molecule has 112 valence electrons. The molecule has 0 radical (unpaired) electrons. The van der Waals surface area contributed by atoms with Gasteiger partial charge in [0.25, 0.3) is 0 Å². The number of rotatable bonds is 3. The number of hydrogen-bond acceptors (Lipinski definition) is 3. The second kappa shape index (κ2) is 6.93. The molecule has 1 atom stereocenters. The van der Waals surface area contributed by atoms with Crippen LogP contribution in [-0.2, 0) is 4.79 Å². The number of halogens is 1. The third-order valence-corrected chi connectivity index (χ3v) is 4.42. The highest BCUT2D eigenvalue weighted by Gasteiger charge is 2.25. The van der Waals surface area contributed by atoms with Crippen LogP contribution in [0, 0.1) is 17.2 Å². The molecule has 0 bridgehead atoms. The first kappa shape index (κ1) is 15.8. The number of hydrogen-bond donors (Lipinski definition) is 1. The smallest absolute Gasteiger partial charge is 0.241 e. The van der Waals surface area contributed by atoms with E-state index in [1.807, 2.05) is 13.0 Å². The lowest BCUT2D eigenvalue weighted by Crippen LogP contribution is -2.45. The topological polar surface area (TPSA) is 56.1 Å². The molecule has 0 aromatic heterocycles. The Bertz CT molecular complexity index is 559. The minimum Gasteiger partial charge on any atom is -0.325 e. The summed E-state index contributed by atoms with van der Waals surface area (Å²) < 4.78 is 0. The highest BCUT2D eigenvalue weighted by atomic mass is 35.5. The van der Waals surface area contributed by atoms with Crippen LogP contribution in [0.1, 0.15) is 32.3 Å². The van der Waals surface area contributed by atoms with E-state index in [9.17, 15) is 4.79 Å². The summed E-state index contributed by atoms with van der Waals surface area (Å²) in [5, 5.41) is 12.1. The standard InChI is InChI=1S/C16H20ClN3O/c1-11-5-7-20(8-6-11)12(2)16(21)19-14-4-3-13(10-18)15(17)9-14/h3-4,9,11-12H,5-8H2,1-2H3,(H,19,21)/t12-/m1/s1. The van der Waals surface area contributed by atoms with Crippen molar-refractivity contribution in [2.45, 2.75) is 32.7 Å². The number of benzene rings is 1. The maximum Gasteiger partial charge on any atom is 0.241 e. The number of nitrogens with one attached hydrogen (secondary N) is 1. The molecule has 1 amide bonds. The summed E-state index contributed by atoms with van der Waals surface area (Å²) in [6, 6.07) is 6.77. The summed E-state index contributed by atoms with van der Waals surface area (Å²) in [4.78, 5) is 14.5. The predicted octanol–water partition coefficient (Wildman–Crippen LogP) is 3.27. The number of carbonyl (C=O) groups is 1. The summed E-state index contributed by atoms with van der Waals surface area (Å²) in [7, 11) is 0. The normalized spacial score (nSPS) is 18.0. The molecule has 1 heterocycles. The van der Waals surface area contributed by atoms with Gasteiger partial charge in [-0.1, -0.05) is 18.5 Å². The van der Waals surface area contributed by atoms with Gasteiger partial charge in [0.05, 0.1) is 16.6 Å². The van der Waals surface area contributed by atoms with Gasteiger partial charge in [0, 0.05) is 5.69 Å². The third-order valence-electron chi connectivity index (χ3n) is 4.10. The predicted molar refractivity (Wildman–Crippen MR) is 84.2 cm³/mol. The second-order valence-electron chi connectivity index (χ2n) is 5.69. The molecule has 1 aromatic carbocycles. The lowest BCUT2D eigenvalue weighted by Gasteiger charge is -2.34. The maximum atomic E-state index is 12.3. The molecule has 0 aliphatic carbocycles. The molecular formula is C16H20ClN3O. The van der Waals surface area contributed by atoms with Crippen LogP contribution in [0.3, 0.4) is 0 Å². The molecule has 0 unspecified atom stereocenters. The van der Waals surface area contributed by atoms with Crippen LogP contribution in [0.4, 0.5) is 5.69 Å². The Morgan fingerprint density at radius 1 is 1.48 bits per heavy atom. The van der Waals surface area contributed by atoms with Gasteiger partial charge < -0.3 is 5.32 Å². The highest BCUT2D eigenvalue weighted by molar-refractivity contribution is 6.32. The number of nitriles is 1. The zero-order valence-corrected chi connectivity index (χ0v) is 13.2. The largest absolute Gasteiger partial charge is 0.325 e. The van der Waals surface area contributed by atoms with Crippen molar-refractivity contribution in [2.75, 3.05) is 18.4 Å². The molecule has 1 aliphatic heterocycles. The summed E-state index contributed by atoms with van der Waals surface area (Å²) >= 11 is 5.97. The Morgan fingerprint density at radius 3 is 2.71 bits per heavy atom. The molecule has 1 saturated heterocycles. The van der Waals surface area contributed by atoms with Crippen LogP contribution >= 0.6 is 11.6 Å². The molecule has 0 spiro atoms. The van der Waals surface area contributed by atoms with E-state index in [0.29, 0.717) is 16.3 Å². The Labute approximate surface area is 130 Å². The monoisotopic (exact) mass is 305 g/mol. The average molecular weight is 306 g/mol. The molecule has 2 rings (SSSR count). The van der Waals surface area contributed by atoms with Crippen molar-refractivity contribution >= 4 is 23.2 Å². The summed E-state index contributed by atoms with van der Waals surface area (Å²) in [6.45, 7) is 6.10. The molecule has 5 heteroatoms. The quantitative estimate of drug-likeness (QED) is 0.932. The van der Waals surface area contributed by atoms with Gasteiger partial charge >= 0.3 is 0 Å². The molecule has 4 nitrogen and oxygen atoms in total. The summed E-state index contributed by atoms with van der Waals surface area (Å²) in [5.74, 6) is 0.708. The van der Waals surface area contributed by atoms with Crippen LogP contribution in [0.5, 0.6) is 0 Å². The number of piperidine rings is 1. The third kappa shape index (κ3) is 3.96. The van der Waals surface area contributed by atoms with Crippen molar-refractivity contribution in [3.63, 3.8) is 0 Å². The minimum absolute atomic E-state index is 0.0367. The number of nitrogens with zero attached hydrogens (tertiary/aromatic N) is 2. The molecule has 1 N–H and O–H groups in total. The van der Waals surface area contributed by atoms with Crippen LogP contribution in [0.2, 0.25) is 5.02 Å². The van der Waals surface area contributed by atoms with E-state index in [4.69, 9.17) is 16.9 Å². The summed E-state index contributed by atoms with van der Waals surface area (Å²) in [5.41, 5.74) is 1.04. The first-order valence-electron chi connectivity index (χ1n) is 7.26. The van der Waals surface area contributed by atoms with E-state index in [2.05, 4.69) is 17.1 Å². The fraction of sp³-hybridized carbons (Fsp3) is 0.500. The lowest BCUT2D eigenvalue weighted by molar-refractivity contribution is -0.121. The van der Waals surface area contributed by atoms with Gasteiger partial charge in [-0.15, -0.1) is 0 Å². The van der Waals surface area contributed by atoms with Crippen molar-refractivity contribution < 1.29 is 4.79 Å². The fourth-order valence-electron chi connectivity index (χ4n) is 2.51. The van der Waals surface area contributed by atoms with E-state index >= 15 is 0 Å². The van der Waals surface area contributed by atoms with E-state index in [1.54, 1.807) is 18.2 Å². The van der Waals surface area contributed by atoms with Crippen LogP contribution in [-0.4, -0.2) is 29.9 Å². The van der Waals surface area contributed by atoms with Gasteiger partial charge in [-0.2, -0.15) is 5.26 Å². The Balaban J connectivity index is 1.97. The van der Waals surface area contributed by atoms with E-state index in [0.717, 1.165) is 31.8 Å². The molecule has 1 aliphatic rings. The minimum atomic E-state index is -0.160. The van der Waals surface area contributed by atoms with Gasteiger partial charge in [0.2, 0.25) is 5.91 Å². The fourth-order valence-corrected chi connectivity index (χ4v) is 2.73. The Morgan fingerprint density at radius 2 is 2.14 bits per heavy atom. The van der Waals surface area contributed by atoms with Crippen molar-refractivity contribution in [2.24, 2.45) is 5.92 Å². The van der Waals surface area contributed by atoms with E-state index in [1.165, 1.54) is 0 Å². The van der Waals surface area contributed by atoms with E-state index < -0.39 is 0 Å². The molecule has 0 saturated carbocycles. The van der Waals surface area contributed by atoms with Crippen molar-refractivity contribution in [3.05, 3.63) is 28.8 Å². The van der Waals surface area contributed by atoms with Gasteiger partial charge in [0.1, 0.15) is 6.07 Å². The van der Waals surface area contributed by atoms with Crippen molar-refractivity contribution in [1.29, 1.82) is 5.26 Å². The number of likely N-dealkylation sites (tertiary alicyclic amines) is 1. The number of carbonyl (C=O) groups excluding carboxylic acids is 1. The van der Waals surface area contributed by atoms with Crippen molar-refractivity contribution in [3.8, 4) is 6.07 Å². The molecular weight excluding hydrogens is 286 g/mol. The van der Waals surface area contributed by atoms with Gasteiger partial charge in [-0.3, -0.25) is 9.69 Å². The zero-order valence-electron chi connectivity index (χ0n) is 12.4. The van der Waals surface area contributed by atoms with Crippen LogP contribution < -0.4 is 5.32 Å². The first-order chi connectivity index (χ1) is 10.0. The zero-order chi connectivity index (χ0) is 15.4. The van der Waals surface area contributed by atoms with Gasteiger partial charge in [-0.05, 0) is 57.0 Å². The maximum absolute atomic E-state index is 12.3. The van der Waals surface area contributed by atoms with Gasteiger partial charge in [0.15, 0.2) is 0 Å². The van der Waals surface area contributed by atoms with Crippen LogP contribution in [0.25, 0.3) is 0 Å². The molecule has 1 fully saturated rings. The number of anilines is 1. The van der Waals surface area contributed by atoms with Crippen LogP contribution in [0.15, 0.2) is 18.2 Å². The SMILES string of the molecule is CC1CCN([C@H](C)C(=O)Nc2ccc(C#N)c(Cl)c2)CC1. The second-order valence-corrected chi connectivity index (χ2v) is 6.10. The Kier molecular flexibility index (Phi) is 5.22. The molecule has 21 heavy (non-hydrogen) atoms. The molecule has 1 aromatic rings. The first-order valence-corrected chi connectivity index (χ1v) is 7.63. The highest BCUT2D eigenvalue weighted by Crippen LogP contribution is 2.22. The van der Waals surface area contributed by atoms with E-state index in [-0.39, 0.29) is 11.9 Å². The average Bonchev–Trinajstić information content (AvgIpc) is 2.47. The summed E-state index contributed by atoms with van der Waals surface area (Å²) in [6.07, 6.45) is 2.28. The Hall–Kier alpha value is -1.57. The lowest BCUT2D eigenvalue weighted by atomic mass is 9.98. The van der Waals surface area contributed by atoms with Crippen molar-refractivity contribution in [1.82, 2.24) is 4.90 Å². The number of amides is 1. The van der Waals surface area contributed by atoms with Gasteiger partial charge in [-0.25, -0.2) is 0 Å².